The molecule has 3 rings (SSSR count). The maximum atomic E-state index is 15.4. The van der Waals surface area contributed by atoms with E-state index in [9.17, 15) is 5.26 Å². The molecule has 0 aliphatic heterocycles. The quantitative estimate of drug-likeness (QED) is 0.115. The first-order valence-corrected chi connectivity index (χ1v) is 14.6. The van der Waals surface area contributed by atoms with Crippen LogP contribution in [0.2, 0.25) is 0 Å². The van der Waals surface area contributed by atoms with Gasteiger partial charge in [-0.2, -0.15) is 5.26 Å². The average Bonchev–Trinajstić information content (AvgIpc) is 3.33. The lowest BCUT2D eigenvalue weighted by Gasteiger charge is -2.26. The number of aliphatic imine (C=N–C) groups is 2. The molecule has 0 spiro atoms. The first-order valence-electron chi connectivity index (χ1n) is 14.6. The van der Waals surface area contributed by atoms with Crippen molar-refractivity contribution in [3.05, 3.63) is 83.7 Å². The van der Waals surface area contributed by atoms with E-state index in [0.29, 0.717) is 28.3 Å². The number of imidazole rings is 1. The van der Waals surface area contributed by atoms with Crippen LogP contribution < -0.4 is 15.5 Å². The molecule has 9 nitrogen and oxygen atoms in total. The van der Waals surface area contributed by atoms with E-state index in [4.69, 9.17) is 4.99 Å². The molecule has 0 saturated carbocycles. The highest BCUT2D eigenvalue weighted by Crippen LogP contribution is 2.33. The zero-order valence-electron chi connectivity index (χ0n) is 27.0. The smallest absolute Gasteiger partial charge is 0.151 e. The predicted octanol–water partition coefficient (Wildman–Crippen LogP) is 6.70. The number of benzene rings is 2. The lowest BCUT2D eigenvalue weighted by molar-refractivity contribution is 0.416. The van der Waals surface area contributed by atoms with Gasteiger partial charge in [0.2, 0.25) is 0 Å². The van der Waals surface area contributed by atoms with Gasteiger partial charge in [-0.05, 0) is 83.9 Å². The molecular weight excluding hydrogens is 553 g/mol. The predicted molar refractivity (Wildman–Crippen MR) is 184 cm³/mol. The van der Waals surface area contributed by atoms with Gasteiger partial charge < -0.3 is 25.0 Å². The van der Waals surface area contributed by atoms with Gasteiger partial charge >= 0.3 is 0 Å². The van der Waals surface area contributed by atoms with Crippen molar-refractivity contribution < 1.29 is 4.39 Å². The summed E-state index contributed by atoms with van der Waals surface area (Å²) < 4.78 is 17.3. The van der Waals surface area contributed by atoms with Crippen molar-refractivity contribution in [2.24, 2.45) is 9.98 Å². The van der Waals surface area contributed by atoms with Crippen LogP contribution in [0.3, 0.4) is 0 Å². The van der Waals surface area contributed by atoms with Crippen LogP contribution in [0.1, 0.15) is 43.8 Å². The fourth-order valence-electron chi connectivity index (χ4n) is 5.03. The van der Waals surface area contributed by atoms with Gasteiger partial charge in [0.05, 0.1) is 28.2 Å². The zero-order valence-corrected chi connectivity index (χ0v) is 27.0. The van der Waals surface area contributed by atoms with Gasteiger partial charge in [0.15, 0.2) is 5.82 Å². The van der Waals surface area contributed by atoms with Gasteiger partial charge in [0.25, 0.3) is 0 Å². The number of rotatable bonds is 15. The zero-order chi connectivity index (χ0) is 32.6. The van der Waals surface area contributed by atoms with E-state index < -0.39 is 5.82 Å². The van der Waals surface area contributed by atoms with Gasteiger partial charge in [-0.15, -0.1) is 0 Å². The van der Waals surface area contributed by atoms with E-state index in [1.54, 1.807) is 6.08 Å². The molecule has 10 heteroatoms. The van der Waals surface area contributed by atoms with Crippen LogP contribution in [0.4, 0.5) is 21.5 Å². The number of halogens is 1. The Labute approximate surface area is 260 Å². The Hall–Kier alpha value is -4.75. The minimum absolute atomic E-state index is 0.0647. The van der Waals surface area contributed by atoms with Crippen LogP contribution >= 0.6 is 0 Å². The fraction of sp³-hybridized carbons (Fsp3) is 0.353. The second kappa shape index (κ2) is 15.1. The molecular formula is C34H44FN9. The summed E-state index contributed by atoms with van der Waals surface area (Å²) in [6.07, 6.45) is 3.79. The summed E-state index contributed by atoms with van der Waals surface area (Å²) in [4.78, 5) is 17.3. The average molecular weight is 598 g/mol. The van der Waals surface area contributed by atoms with Crippen molar-refractivity contribution in [2.75, 3.05) is 56.4 Å². The van der Waals surface area contributed by atoms with Gasteiger partial charge in [0, 0.05) is 49.3 Å². The summed E-state index contributed by atoms with van der Waals surface area (Å²) in [6, 6.07) is 9.59. The Balaban J connectivity index is 2.08. The Bertz CT molecular complexity index is 1640. The van der Waals surface area contributed by atoms with Crippen molar-refractivity contribution in [3.8, 4) is 6.07 Å². The maximum Gasteiger partial charge on any atom is 0.151 e. The molecule has 0 atom stereocenters. The number of hydrogen-bond acceptors (Lipinski definition) is 8. The molecule has 2 aromatic carbocycles. The summed E-state index contributed by atoms with van der Waals surface area (Å²) in [5, 5.41) is 16.7. The highest BCUT2D eigenvalue weighted by atomic mass is 19.1. The molecule has 3 aromatic rings. The molecule has 44 heavy (non-hydrogen) atoms. The van der Waals surface area contributed by atoms with E-state index in [-0.39, 0.29) is 23.8 Å². The third-order valence-corrected chi connectivity index (χ3v) is 7.26. The van der Waals surface area contributed by atoms with Crippen LogP contribution in [-0.4, -0.2) is 67.8 Å². The Morgan fingerprint density at radius 1 is 1.18 bits per heavy atom. The first-order chi connectivity index (χ1) is 20.9. The molecule has 0 aliphatic rings. The van der Waals surface area contributed by atoms with Crippen LogP contribution in [0.25, 0.3) is 11.0 Å². The molecule has 0 bridgehead atoms. The molecule has 1 heterocycles. The van der Waals surface area contributed by atoms with Crippen LogP contribution in [0, 0.1) is 24.1 Å². The van der Waals surface area contributed by atoms with E-state index in [1.807, 2.05) is 37.5 Å². The Morgan fingerprint density at radius 2 is 1.91 bits per heavy atom. The third kappa shape index (κ3) is 7.79. The molecule has 0 aliphatic carbocycles. The van der Waals surface area contributed by atoms with E-state index in [0.717, 1.165) is 42.1 Å². The molecule has 2 N–H and O–H groups in total. The lowest BCUT2D eigenvalue weighted by atomic mass is 10.0. The van der Waals surface area contributed by atoms with Crippen molar-refractivity contribution >= 4 is 40.5 Å². The number of allylic oxidation sites excluding steroid dienone is 2. The molecule has 232 valence electrons. The number of anilines is 3. The highest BCUT2D eigenvalue weighted by Gasteiger charge is 2.19. The summed E-state index contributed by atoms with van der Waals surface area (Å²) in [5.74, 6) is 0.228. The van der Waals surface area contributed by atoms with Gasteiger partial charge in [-0.3, -0.25) is 9.98 Å². The van der Waals surface area contributed by atoms with Crippen LogP contribution in [0.15, 0.2) is 71.0 Å². The lowest BCUT2D eigenvalue weighted by Crippen LogP contribution is -2.29. The summed E-state index contributed by atoms with van der Waals surface area (Å²) in [5.41, 5.74) is 6.40. The largest absolute Gasteiger partial charge is 0.372 e. The third-order valence-electron chi connectivity index (χ3n) is 7.26. The van der Waals surface area contributed by atoms with E-state index in [2.05, 4.69) is 90.5 Å². The number of nitriles is 1. The van der Waals surface area contributed by atoms with Gasteiger partial charge in [-0.25, -0.2) is 9.37 Å². The standard InChI is InChI=1S/C34H44FN9/c1-11-23(5)40-30-18-29(25(12-2)16-31(30)43(10)14-13-42(8)9)38-21-39-33(27(19-36)20-37-7)26-15-28(35)34-32(17-26)44(22(3)4)24(6)41-34/h11,15-18,20,22,38,40H,1,5,7,12-14,21H2,2-4,6,8-10H3/b27-20-,39-33?. The SMILES string of the molecule is C=CC(=C)Nc1cc(NCN=C(/C(C#N)=C\N=C)c2cc(F)c3nc(C)n(C(C)C)c3c2)c(CC)cc1N(C)CCN(C)C. The molecule has 0 amide bonds. The molecule has 0 fully saturated rings. The van der Waals surface area contributed by atoms with Crippen molar-refractivity contribution in [1.29, 1.82) is 5.26 Å². The van der Waals surface area contributed by atoms with Gasteiger partial charge in [0.1, 0.15) is 24.1 Å². The summed E-state index contributed by atoms with van der Waals surface area (Å²) >= 11 is 0. The Morgan fingerprint density at radius 3 is 2.50 bits per heavy atom. The number of fused-ring (bicyclic) bond motifs is 1. The number of nitrogens with one attached hydrogen (secondary N) is 2. The normalized spacial score (nSPS) is 12.0. The minimum atomic E-state index is -0.482. The molecule has 0 saturated heterocycles. The molecule has 1 aromatic heterocycles. The molecule has 0 radical (unpaired) electrons. The summed E-state index contributed by atoms with van der Waals surface area (Å²) in [6.45, 7) is 21.2. The van der Waals surface area contributed by atoms with E-state index in [1.165, 1.54) is 12.3 Å². The van der Waals surface area contributed by atoms with Crippen LogP contribution in [-0.2, 0) is 6.42 Å². The molecule has 0 unspecified atom stereocenters. The number of nitrogens with zero attached hydrogens (tertiary/aromatic N) is 7. The summed E-state index contributed by atoms with van der Waals surface area (Å²) in [7, 11) is 6.17. The monoisotopic (exact) mass is 597 g/mol. The number of hydrogen-bond donors (Lipinski definition) is 2. The van der Waals surface area contributed by atoms with Crippen molar-refractivity contribution in [2.45, 2.75) is 40.2 Å². The second-order valence-corrected chi connectivity index (χ2v) is 11.1. The van der Waals surface area contributed by atoms with Crippen LogP contribution in [0.5, 0.6) is 0 Å². The minimum Gasteiger partial charge on any atom is -0.372 e. The topological polar surface area (TPSA) is 96.9 Å². The fourth-order valence-corrected chi connectivity index (χ4v) is 5.03. The van der Waals surface area contributed by atoms with Gasteiger partial charge in [-0.1, -0.05) is 20.1 Å². The first kappa shape index (κ1) is 33.7. The second-order valence-electron chi connectivity index (χ2n) is 11.1. The van der Waals surface area contributed by atoms with Crippen molar-refractivity contribution in [1.82, 2.24) is 14.5 Å². The number of aryl methyl sites for hydroxylation is 2. The van der Waals surface area contributed by atoms with Crippen molar-refractivity contribution in [3.63, 3.8) is 0 Å². The maximum absolute atomic E-state index is 15.4. The Kier molecular flexibility index (Phi) is 11.6. The number of likely N-dealkylation sites (N-methyl/N-ethyl adjacent to an activating group) is 2. The van der Waals surface area contributed by atoms with E-state index >= 15 is 4.39 Å². The number of aromatic nitrogens is 2. The highest BCUT2D eigenvalue weighted by molar-refractivity contribution is 6.16.